The molecule has 0 saturated carbocycles. The maximum Gasteiger partial charge on any atom is 0.310 e. The summed E-state index contributed by atoms with van der Waals surface area (Å²) in [5.41, 5.74) is 0.352. The van der Waals surface area contributed by atoms with E-state index in [0.29, 0.717) is 26.8 Å². The van der Waals surface area contributed by atoms with E-state index in [0.717, 1.165) is 15.9 Å². The van der Waals surface area contributed by atoms with Crippen LogP contribution in [0.4, 0.5) is 0 Å². The van der Waals surface area contributed by atoms with Crippen LogP contribution < -0.4 is 10.4 Å². The van der Waals surface area contributed by atoms with Crippen LogP contribution in [0.25, 0.3) is 10.1 Å². The molecule has 0 aliphatic rings. The fraction of sp³-hybridized carbons (Fsp3) is 0.143. The smallest absolute Gasteiger partial charge is 0.268 e. The Morgan fingerprint density at radius 2 is 2.00 bits per heavy atom. The number of fused-ring (bicyclic) bond motifs is 1. The lowest BCUT2D eigenvalue weighted by Gasteiger charge is -2.05. The lowest BCUT2D eigenvalue weighted by atomic mass is 10.3. The Morgan fingerprint density at radius 1 is 1.24 bits per heavy atom. The van der Waals surface area contributed by atoms with Gasteiger partial charge in [-0.1, -0.05) is 35.1 Å². The van der Waals surface area contributed by atoms with Crippen LogP contribution in [0.15, 0.2) is 39.9 Å². The van der Waals surface area contributed by atoms with Crippen molar-refractivity contribution in [2.45, 2.75) is 13.5 Å². The summed E-state index contributed by atoms with van der Waals surface area (Å²) in [6, 6.07) is 8.65. The van der Waals surface area contributed by atoms with Gasteiger partial charge in [0.25, 0.3) is 5.56 Å². The molecule has 0 aliphatic heterocycles. The molecule has 1 aromatic carbocycles. The van der Waals surface area contributed by atoms with Crippen LogP contribution >= 0.6 is 22.9 Å². The van der Waals surface area contributed by atoms with E-state index in [4.69, 9.17) is 11.6 Å². The molecule has 106 valence electrons. The van der Waals surface area contributed by atoms with Crippen LogP contribution in [0.5, 0.6) is 0 Å². The number of aromatic nitrogens is 3. The van der Waals surface area contributed by atoms with Crippen molar-refractivity contribution >= 4 is 33.0 Å². The molecule has 5 nitrogen and oxygen atoms in total. The van der Waals surface area contributed by atoms with Gasteiger partial charge in [0, 0.05) is 10.4 Å². The van der Waals surface area contributed by atoms with Gasteiger partial charge in [-0.3, -0.25) is 14.2 Å². The minimum atomic E-state index is -0.337. The third kappa shape index (κ3) is 2.72. The molecular weight excluding hydrogens is 310 g/mol. The van der Waals surface area contributed by atoms with Crippen molar-refractivity contribution in [1.29, 1.82) is 0 Å². The van der Waals surface area contributed by atoms with E-state index in [9.17, 15) is 9.59 Å². The van der Waals surface area contributed by atoms with E-state index in [1.165, 1.54) is 0 Å². The average molecular weight is 320 g/mol. The monoisotopic (exact) mass is 319 g/mol. The molecule has 0 atom stereocenters. The number of aryl methyl sites for hydroxylation is 1. The number of hydrogen-bond donors (Lipinski definition) is 0. The molecule has 7 heteroatoms. The molecule has 2 heterocycles. The molecule has 2 aromatic heterocycles. The van der Waals surface area contributed by atoms with Crippen molar-refractivity contribution < 1.29 is 0 Å². The predicted octanol–water partition coefficient (Wildman–Crippen LogP) is 2.22. The first-order valence-electron chi connectivity index (χ1n) is 6.17. The van der Waals surface area contributed by atoms with Crippen molar-refractivity contribution in [3.8, 4) is 0 Å². The van der Waals surface area contributed by atoms with E-state index in [2.05, 4.69) is 9.97 Å². The number of nitrogens with zero attached hydrogens (tertiary/aromatic N) is 3. The topological polar surface area (TPSA) is 64.8 Å². The van der Waals surface area contributed by atoms with E-state index in [1.54, 1.807) is 37.3 Å². The molecule has 3 rings (SSSR count). The van der Waals surface area contributed by atoms with E-state index in [1.807, 2.05) is 0 Å². The zero-order valence-electron chi connectivity index (χ0n) is 11.0. The molecule has 3 aromatic rings. The van der Waals surface area contributed by atoms with Gasteiger partial charge in [-0.15, -0.1) is 0 Å². The first-order valence-corrected chi connectivity index (χ1v) is 7.37. The summed E-state index contributed by atoms with van der Waals surface area (Å²) >= 11 is 6.91. The second-order valence-corrected chi connectivity index (χ2v) is 5.88. The first-order chi connectivity index (χ1) is 10.0. The minimum Gasteiger partial charge on any atom is -0.268 e. The summed E-state index contributed by atoms with van der Waals surface area (Å²) in [6.07, 6.45) is 0. The predicted molar refractivity (Wildman–Crippen MR) is 83.2 cm³/mol. The second kappa shape index (κ2) is 5.38. The highest BCUT2D eigenvalue weighted by atomic mass is 35.5. The highest BCUT2D eigenvalue weighted by molar-refractivity contribution is 7.16. The zero-order chi connectivity index (χ0) is 15.0. The Morgan fingerprint density at radius 3 is 2.76 bits per heavy atom. The second-order valence-electron chi connectivity index (χ2n) is 4.50. The van der Waals surface area contributed by atoms with E-state index >= 15 is 0 Å². The normalized spacial score (nSPS) is 11.0. The lowest BCUT2D eigenvalue weighted by Crippen LogP contribution is -2.32. The summed E-state index contributed by atoms with van der Waals surface area (Å²) in [4.78, 5) is 32.4. The van der Waals surface area contributed by atoms with Gasteiger partial charge in [-0.2, -0.15) is 0 Å². The number of hydrogen-bond acceptors (Lipinski definition) is 5. The highest BCUT2D eigenvalue weighted by Crippen LogP contribution is 2.11. The van der Waals surface area contributed by atoms with Gasteiger partial charge in [-0.25, -0.2) is 9.97 Å². The first kappa shape index (κ1) is 13.9. The fourth-order valence-electron chi connectivity index (χ4n) is 2.05. The van der Waals surface area contributed by atoms with Gasteiger partial charge >= 0.3 is 4.87 Å². The van der Waals surface area contributed by atoms with Gasteiger partial charge in [0.15, 0.2) is 0 Å². The van der Waals surface area contributed by atoms with Crippen LogP contribution in [0.3, 0.4) is 0 Å². The third-order valence-electron chi connectivity index (χ3n) is 2.95. The maximum atomic E-state index is 12.4. The maximum absolute atomic E-state index is 12.4. The molecule has 0 fully saturated rings. The standard InChI is InChI=1S/C14H10ClN3O2S/c1-8-6-11(15)17-12(16-8)7-18-13(19)9-4-2-3-5-10(9)21-14(18)20/h2-6H,7H2,1H3. The summed E-state index contributed by atoms with van der Waals surface area (Å²) < 4.78 is 1.81. The molecule has 0 saturated heterocycles. The third-order valence-corrected chi connectivity index (χ3v) is 4.11. The van der Waals surface area contributed by atoms with Crippen LogP contribution in [0.2, 0.25) is 5.15 Å². The van der Waals surface area contributed by atoms with Crippen LogP contribution in [0, 0.1) is 6.92 Å². The molecule has 0 bridgehead atoms. The molecule has 21 heavy (non-hydrogen) atoms. The van der Waals surface area contributed by atoms with Gasteiger partial charge in [-0.05, 0) is 25.1 Å². The molecular formula is C14H10ClN3O2S. The minimum absolute atomic E-state index is 0.0143. The average Bonchev–Trinajstić information content (AvgIpc) is 2.42. The van der Waals surface area contributed by atoms with Gasteiger partial charge in [0.1, 0.15) is 11.0 Å². The number of benzene rings is 1. The highest BCUT2D eigenvalue weighted by Gasteiger charge is 2.10. The molecule has 0 N–H and O–H groups in total. The molecule has 0 amide bonds. The Kier molecular flexibility index (Phi) is 3.57. The van der Waals surface area contributed by atoms with Gasteiger partial charge < -0.3 is 0 Å². The molecule has 0 aliphatic carbocycles. The lowest BCUT2D eigenvalue weighted by molar-refractivity contribution is 0.705. The number of rotatable bonds is 2. The van der Waals surface area contributed by atoms with E-state index in [-0.39, 0.29) is 17.0 Å². The van der Waals surface area contributed by atoms with Gasteiger partial charge in [0.05, 0.1) is 11.9 Å². The summed E-state index contributed by atoms with van der Waals surface area (Å²) in [5, 5.41) is 0.809. The van der Waals surface area contributed by atoms with Crippen LogP contribution in [-0.2, 0) is 6.54 Å². The van der Waals surface area contributed by atoms with Crippen LogP contribution in [-0.4, -0.2) is 14.5 Å². The van der Waals surface area contributed by atoms with Crippen molar-refractivity contribution in [3.05, 3.63) is 67.0 Å². The molecule has 0 spiro atoms. The fourth-order valence-corrected chi connectivity index (χ4v) is 3.16. The zero-order valence-corrected chi connectivity index (χ0v) is 12.6. The number of halogens is 1. The van der Waals surface area contributed by atoms with Crippen molar-refractivity contribution in [3.63, 3.8) is 0 Å². The van der Waals surface area contributed by atoms with Crippen LogP contribution in [0.1, 0.15) is 11.5 Å². The Balaban J connectivity index is 2.17. The van der Waals surface area contributed by atoms with Gasteiger partial charge in [0.2, 0.25) is 0 Å². The molecule has 0 unspecified atom stereocenters. The van der Waals surface area contributed by atoms with E-state index < -0.39 is 0 Å². The Bertz CT molecular complexity index is 929. The summed E-state index contributed by atoms with van der Waals surface area (Å²) in [6.45, 7) is 1.79. The Hall–Kier alpha value is -2.05. The van der Waals surface area contributed by atoms with Crippen molar-refractivity contribution in [1.82, 2.24) is 14.5 Å². The largest absolute Gasteiger partial charge is 0.310 e. The SMILES string of the molecule is Cc1cc(Cl)nc(Cn2c(=O)sc3ccccc3c2=O)n1. The summed E-state index contributed by atoms with van der Waals surface area (Å²) in [5.74, 6) is 0.349. The van der Waals surface area contributed by atoms with Crippen molar-refractivity contribution in [2.24, 2.45) is 0 Å². The van der Waals surface area contributed by atoms with Crippen molar-refractivity contribution in [2.75, 3.05) is 0 Å². The summed E-state index contributed by atoms with van der Waals surface area (Å²) in [7, 11) is 0. The quantitative estimate of drug-likeness (QED) is 0.679. The Labute approximate surface area is 128 Å². The molecule has 0 radical (unpaired) electrons.